The van der Waals surface area contributed by atoms with Crippen molar-refractivity contribution in [3.8, 4) is 0 Å². The van der Waals surface area contributed by atoms with Crippen molar-refractivity contribution in [2.24, 2.45) is 5.92 Å². The number of hydrogen-bond donors (Lipinski definition) is 1. The fourth-order valence-corrected chi connectivity index (χ4v) is 4.82. The van der Waals surface area contributed by atoms with Gasteiger partial charge in [-0.05, 0) is 38.1 Å². The van der Waals surface area contributed by atoms with Crippen LogP contribution in [0, 0.1) is 5.92 Å². The van der Waals surface area contributed by atoms with Crippen LogP contribution in [0.2, 0.25) is 0 Å². The second-order valence-electron chi connectivity index (χ2n) is 5.08. The van der Waals surface area contributed by atoms with Crippen LogP contribution in [0.5, 0.6) is 0 Å². The minimum atomic E-state index is -2.88. The van der Waals surface area contributed by atoms with Gasteiger partial charge in [-0.2, -0.15) is 0 Å². The van der Waals surface area contributed by atoms with Crippen LogP contribution in [-0.4, -0.2) is 45.1 Å². The average molecular weight is 261 g/mol. The first-order valence-electron chi connectivity index (χ1n) is 6.01. The number of hydrogen-bond acceptors (Lipinski definition) is 5. The van der Waals surface area contributed by atoms with Crippen LogP contribution in [0.1, 0.15) is 25.7 Å². The molecular weight excluding hydrogens is 242 g/mol. The summed E-state index contributed by atoms with van der Waals surface area (Å²) in [6.45, 7) is 0.800. The molecule has 2 unspecified atom stereocenters. The van der Waals surface area contributed by atoms with Gasteiger partial charge in [0.15, 0.2) is 9.84 Å². The van der Waals surface area contributed by atoms with Gasteiger partial charge in [-0.25, -0.2) is 8.42 Å². The standard InChI is InChI=1S/C11H19NO4S/c1-16-10(13)11(4-2-5-12-11)7-9-3-6-17(14,15)8-9/h9,12H,2-8H2,1H3. The fourth-order valence-electron chi connectivity index (χ4n) is 2.96. The van der Waals surface area contributed by atoms with Gasteiger partial charge in [0.2, 0.25) is 0 Å². The normalized spacial score (nSPS) is 35.9. The molecule has 0 aromatic rings. The van der Waals surface area contributed by atoms with Crippen molar-refractivity contribution in [1.82, 2.24) is 5.32 Å². The number of sulfone groups is 1. The van der Waals surface area contributed by atoms with Crippen LogP contribution in [0.4, 0.5) is 0 Å². The monoisotopic (exact) mass is 261 g/mol. The highest BCUT2D eigenvalue weighted by Crippen LogP contribution is 2.33. The molecular formula is C11H19NO4S. The molecule has 98 valence electrons. The smallest absolute Gasteiger partial charge is 0.326 e. The molecule has 5 nitrogen and oxygen atoms in total. The lowest BCUT2D eigenvalue weighted by Crippen LogP contribution is -2.49. The van der Waals surface area contributed by atoms with Crippen molar-refractivity contribution >= 4 is 15.8 Å². The molecule has 2 saturated heterocycles. The minimum absolute atomic E-state index is 0.0877. The van der Waals surface area contributed by atoms with E-state index in [9.17, 15) is 13.2 Å². The summed E-state index contributed by atoms with van der Waals surface area (Å²) in [5, 5.41) is 3.21. The number of ether oxygens (including phenoxy) is 1. The molecule has 2 rings (SSSR count). The Labute approximate surface area is 102 Å². The van der Waals surface area contributed by atoms with Gasteiger partial charge in [0.1, 0.15) is 5.54 Å². The van der Waals surface area contributed by atoms with Crippen LogP contribution >= 0.6 is 0 Å². The third-order valence-electron chi connectivity index (χ3n) is 3.78. The van der Waals surface area contributed by atoms with E-state index in [4.69, 9.17) is 4.74 Å². The Balaban J connectivity index is 2.07. The molecule has 2 atom stereocenters. The van der Waals surface area contributed by atoms with Crippen LogP contribution in [0.25, 0.3) is 0 Å². The highest BCUT2D eigenvalue weighted by atomic mass is 32.2. The van der Waals surface area contributed by atoms with Crippen molar-refractivity contribution < 1.29 is 17.9 Å². The lowest BCUT2D eigenvalue weighted by Gasteiger charge is -2.28. The third kappa shape index (κ3) is 2.63. The molecule has 0 aromatic heterocycles. The molecule has 2 fully saturated rings. The molecule has 0 aliphatic carbocycles. The molecule has 6 heteroatoms. The average Bonchev–Trinajstić information content (AvgIpc) is 2.86. The van der Waals surface area contributed by atoms with Crippen molar-refractivity contribution in [2.45, 2.75) is 31.2 Å². The molecule has 17 heavy (non-hydrogen) atoms. The predicted molar refractivity (Wildman–Crippen MR) is 63.4 cm³/mol. The second kappa shape index (κ2) is 4.57. The summed E-state index contributed by atoms with van der Waals surface area (Å²) in [6.07, 6.45) is 2.94. The van der Waals surface area contributed by atoms with E-state index in [2.05, 4.69) is 5.32 Å². The summed E-state index contributed by atoms with van der Waals surface area (Å²) >= 11 is 0. The zero-order chi connectivity index (χ0) is 12.5. The molecule has 2 heterocycles. The first-order chi connectivity index (χ1) is 7.97. The van der Waals surface area contributed by atoms with Gasteiger partial charge in [-0.1, -0.05) is 0 Å². The Hall–Kier alpha value is -0.620. The molecule has 2 aliphatic heterocycles. The number of esters is 1. The zero-order valence-electron chi connectivity index (χ0n) is 10.1. The molecule has 0 amide bonds. The van der Waals surface area contributed by atoms with Crippen molar-refractivity contribution in [3.05, 3.63) is 0 Å². The van der Waals surface area contributed by atoms with E-state index >= 15 is 0 Å². The molecule has 0 saturated carbocycles. The maximum atomic E-state index is 11.9. The summed E-state index contributed by atoms with van der Waals surface area (Å²) in [7, 11) is -1.49. The summed E-state index contributed by atoms with van der Waals surface area (Å²) < 4.78 is 27.7. The number of nitrogens with one attached hydrogen (secondary N) is 1. The van der Waals surface area contributed by atoms with Crippen LogP contribution in [-0.2, 0) is 19.4 Å². The van der Waals surface area contributed by atoms with E-state index in [0.29, 0.717) is 12.8 Å². The van der Waals surface area contributed by atoms with Gasteiger partial charge in [-0.3, -0.25) is 4.79 Å². The highest BCUT2D eigenvalue weighted by molar-refractivity contribution is 7.91. The first-order valence-corrected chi connectivity index (χ1v) is 7.83. The molecule has 0 radical (unpaired) electrons. The van der Waals surface area contributed by atoms with E-state index < -0.39 is 15.4 Å². The summed E-state index contributed by atoms with van der Waals surface area (Å²) in [4.78, 5) is 11.9. The molecule has 2 aliphatic rings. The van der Waals surface area contributed by atoms with Crippen LogP contribution in [0.15, 0.2) is 0 Å². The highest BCUT2D eigenvalue weighted by Gasteiger charge is 2.45. The maximum absolute atomic E-state index is 11.9. The second-order valence-corrected chi connectivity index (χ2v) is 7.31. The molecule has 0 spiro atoms. The minimum Gasteiger partial charge on any atom is -0.468 e. The van der Waals surface area contributed by atoms with E-state index in [-0.39, 0.29) is 23.4 Å². The Bertz CT molecular complexity index is 398. The van der Waals surface area contributed by atoms with Crippen LogP contribution in [0.3, 0.4) is 0 Å². The lowest BCUT2D eigenvalue weighted by molar-refractivity contribution is -0.148. The Kier molecular flexibility index (Phi) is 3.45. The van der Waals surface area contributed by atoms with Crippen molar-refractivity contribution in [3.63, 3.8) is 0 Å². The van der Waals surface area contributed by atoms with Crippen molar-refractivity contribution in [2.75, 3.05) is 25.2 Å². The third-order valence-corrected chi connectivity index (χ3v) is 5.62. The SMILES string of the molecule is COC(=O)C1(CC2CCS(=O)(=O)C2)CCCN1. The molecule has 0 aromatic carbocycles. The van der Waals surface area contributed by atoms with Crippen molar-refractivity contribution in [1.29, 1.82) is 0 Å². The van der Waals surface area contributed by atoms with Gasteiger partial charge in [0.25, 0.3) is 0 Å². The Morgan fingerprint density at radius 1 is 1.53 bits per heavy atom. The fraction of sp³-hybridized carbons (Fsp3) is 0.909. The lowest BCUT2D eigenvalue weighted by atomic mass is 9.85. The quantitative estimate of drug-likeness (QED) is 0.730. The maximum Gasteiger partial charge on any atom is 0.326 e. The summed E-state index contributed by atoms with van der Waals surface area (Å²) in [6, 6.07) is 0. The number of carbonyl (C=O) groups excluding carboxylic acids is 1. The van der Waals surface area contributed by atoms with E-state index in [1.165, 1.54) is 7.11 Å². The van der Waals surface area contributed by atoms with E-state index in [1.807, 2.05) is 0 Å². The summed E-state index contributed by atoms with van der Waals surface area (Å²) in [5.74, 6) is 0.312. The van der Waals surface area contributed by atoms with Gasteiger partial charge < -0.3 is 10.1 Å². The predicted octanol–water partition coefficient (Wildman–Crippen LogP) is 0.106. The van der Waals surface area contributed by atoms with Gasteiger partial charge in [0.05, 0.1) is 18.6 Å². The summed E-state index contributed by atoms with van der Waals surface area (Å²) in [5.41, 5.74) is -0.640. The molecule has 0 bridgehead atoms. The van der Waals surface area contributed by atoms with Gasteiger partial charge in [0, 0.05) is 0 Å². The van der Waals surface area contributed by atoms with Crippen LogP contribution < -0.4 is 5.32 Å². The van der Waals surface area contributed by atoms with E-state index in [1.54, 1.807) is 0 Å². The largest absolute Gasteiger partial charge is 0.468 e. The first kappa shape index (κ1) is 12.8. The topological polar surface area (TPSA) is 72.5 Å². The van der Waals surface area contributed by atoms with Gasteiger partial charge in [-0.15, -0.1) is 0 Å². The Morgan fingerprint density at radius 2 is 2.29 bits per heavy atom. The van der Waals surface area contributed by atoms with E-state index in [0.717, 1.165) is 19.4 Å². The zero-order valence-corrected chi connectivity index (χ0v) is 10.9. The molecule has 1 N–H and O–H groups in total. The number of carbonyl (C=O) groups is 1. The van der Waals surface area contributed by atoms with Gasteiger partial charge >= 0.3 is 5.97 Å². The number of methoxy groups -OCH3 is 1. The number of rotatable bonds is 3. The Morgan fingerprint density at radius 3 is 2.76 bits per heavy atom.